The number of ether oxygens (including phenoxy) is 1. The largest absolute Gasteiger partial charge is 0.466 e. The highest BCUT2D eigenvalue weighted by atomic mass is 16.5. The zero-order chi connectivity index (χ0) is 12.3. The van der Waals surface area contributed by atoms with Crippen molar-refractivity contribution in [1.29, 1.82) is 0 Å². The molecule has 0 aliphatic carbocycles. The van der Waals surface area contributed by atoms with Gasteiger partial charge in [-0.3, -0.25) is 9.89 Å². The lowest BCUT2D eigenvalue weighted by Crippen LogP contribution is -2.44. The van der Waals surface area contributed by atoms with Gasteiger partial charge in [0.1, 0.15) is 0 Å². The maximum Gasteiger partial charge on any atom is 0.310 e. The van der Waals surface area contributed by atoms with Crippen LogP contribution >= 0.6 is 0 Å². The van der Waals surface area contributed by atoms with Crippen LogP contribution < -0.4 is 4.90 Å². The number of nitrogens with zero attached hydrogens (tertiary/aromatic N) is 2. The lowest BCUT2D eigenvalue weighted by atomic mass is 9.93. The lowest BCUT2D eigenvalue weighted by molar-refractivity contribution is -0.148. The van der Waals surface area contributed by atoms with Crippen molar-refractivity contribution in [3.63, 3.8) is 0 Å². The van der Waals surface area contributed by atoms with Crippen molar-refractivity contribution >= 4 is 11.7 Å². The van der Waals surface area contributed by atoms with Crippen LogP contribution in [-0.2, 0) is 9.53 Å². The van der Waals surface area contributed by atoms with Crippen LogP contribution in [0.4, 0.5) is 5.69 Å². The Balaban J connectivity index is 2.04. The van der Waals surface area contributed by atoms with Gasteiger partial charge in [-0.15, -0.1) is 0 Å². The minimum atomic E-state index is -0.0760. The molecule has 2 atom stereocenters. The van der Waals surface area contributed by atoms with Gasteiger partial charge >= 0.3 is 5.97 Å². The van der Waals surface area contributed by atoms with Gasteiger partial charge in [-0.2, -0.15) is 5.10 Å². The van der Waals surface area contributed by atoms with Gasteiger partial charge in [0.25, 0.3) is 0 Å². The van der Waals surface area contributed by atoms with E-state index in [0.29, 0.717) is 12.6 Å². The summed E-state index contributed by atoms with van der Waals surface area (Å²) in [5, 5.41) is 6.76. The van der Waals surface area contributed by atoms with Crippen LogP contribution in [0.2, 0.25) is 0 Å². The minimum absolute atomic E-state index is 0.0129. The summed E-state index contributed by atoms with van der Waals surface area (Å²) in [4.78, 5) is 14.0. The molecule has 1 N–H and O–H groups in total. The molecular formula is C12H19N3O2. The summed E-state index contributed by atoms with van der Waals surface area (Å²) >= 11 is 0. The average Bonchev–Trinajstić information content (AvgIpc) is 2.83. The zero-order valence-electron chi connectivity index (χ0n) is 10.3. The maximum absolute atomic E-state index is 11.7. The number of carbonyl (C=O) groups excluding carboxylic acids is 1. The number of hydrogen-bond acceptors (Lipinski definition) is 4. The van der Waals surface area contributed by atoms with E-state index in [1.807, 2.05) is 13.1 Å². The number of H-pyrrole nitrogens is 1. The number of hydrogen-bond donors (Lipinski definition) is 1. The number of aromatic nitrogens is 2. The molecule has 0 spiro atoms. The van der Waals surface area contributed by atoms with Crippen LogP contribution in [0.1, 0.15) is 26.7 Å². The van der Waals surface area contributed by atoms with E-state index in [1.165, 1.54) is 0 Å². The molecule has 2 rings (SSSR count). The Labute approximate surface area is 101 Å². The standard InChI is InChI=1S/C12H19N3O2/c1-3-17-12(16)10-5-4-9(2)15(8-10)11-6-13-14-7-11/h6-7,9-10H,3-5,8H2,1-2H3,(H,13,14). The molecule has 1 aromatic rings. The van der Waals surface area contributed by atoms with E-state index in [1.54, 1.807) is 6.20 Å². The monoisotopic (exact) mass is 237 g/mol. The van der Waals surface area contributed by atoms with E-state index in [4.69, 9.17) is 4.74 Å². The summed E-state index contributed by atoms with van der Waals surface area (Å²) in [7, 11) is 0. The Bertz CT molecular complexity index is 364. The third-order valence-corrected chi connectivity index (χ3v) is 3.32. The number of esters is 1. The van der Waals surface area contributed by atoms with Crippen molar-refractivity contribution in [2.45, 2.75) is 32.7 Å². The Morgan fingerprint density at radius 1 is 1.65 bits per heavy atom. The third-order valence-electron chi connectivity index (χ3n) is 3.32. The summed E-state index contributed by atoms with van der Waals surface area (Å²) in [6, 6.07) is 0.443. The van der Waals surface area contributed by atoms with Crippen molar-refractivity contribution in [2.75, 3.05) is 18.1 Å². The van der Waals surface area contributed by atoms with Crippen molar-refractivity contribution in [3.8, 4) is 0 Å². The lowest BCUT2D eigenvalue weighted by Gasteiger charge is -2.37. The molecule has 2 heterocycles. The third kappa shape index (κ3) is 2.60. The Morgan fingerprint density at radius 3 is 3.12 bits per heavy atom. The molecule has 1 aliphatic heterocycles. The van der Waals surface area contributed by atoms with E-state index in [-0.39, 0.29) is 11.9 Å². The molecule has 2 unspecified atom stereocenters. The second kappa shape index (κ2) is 5.21. The molecule has 1 aromatic heterocycles. The molecular weight excluding hydrogens is 218 g/mol. The molecule has 0 radical (unpaired) electrons. The number of piperidine rings is 1. The molecule has 0 saturated carbocycles. The van der Waals surface area contributed by atoms with Crippen LogP contribution in [0, 0.1) is 5.92 Å². The summed E-state index contributed by atoms with van der Waals surface area (Å²) in [5.41, 5.74) is 1.05. The summed E-state index contributed by atoms with van der Waals surface area (Å²) in [5.74, 6) is -0.0889. The van der Waals surface area contributed by atoms with Gasteiger partial charge in [0.15, 0.2) is 0 Å². The fraction of sp³-hybridized carbons (Fsp3) is 0.667. The van der Waals surface area contributed by atoms with Gasteiger partial charge in [-0.25, -0.2) is 0 Å². The molecule has 1 fully saturated rings. The van der Waals surface area contributed by atoms with Crippen LogP contribution in [0.15, 0.2) is 12.4 Å². The van der Waals surface area contributed by atoms with Crippen molar-refractivity contribution < 1.29 is 9.53 Å². The summed E-state index contributed by atoms with van der Waals surface area (Å²) < 4.78 is 5.09. The molecule has 0 bridgehead atoms. The highest BCUT2D eigenvalue weighted by Gasteiger charge is 2.31. The van der Waals surface area contributed by atoms with E-state index in [2.05, 4.69) is 22.0 Å². The minimum Gasteiger partial charge on any atom is -0.466 e. The number of aromatic amines is 1. The SMILES string of the molecule is CCOC(=O)C1CCC(C)N(c2cn[nH]c2)C1. The second-order valence-corrected chi connectivity index (χ2v) is 4.48. The average molecular weight is 237 g/mol. The fourth-order valence-electron chi connectivity index (χ4n) is 2.32. The van der Waals surface area contributed by atoms with Crippen LogP contribution in [0.3, 0.4) is 0 Å². The molecule has 17 heavy (non-hydrogen) atoms. The zero-order valence-corrected chi connectivity index (χ0v) is 10.3. The van der Waals surface area contributed by atoms with Crippen molar-refractivity contribution in [3.05, 3.63) is 12.4 Å². The normalized spacial score (nSPS) is 24.7. The van der Waals surface area contributed by atoms with Crippen LogP contribution in [0.5, 0.6) is 0 Å². The maximum atomic E-state index is 11.7. The Kier molecular flexibility index (Phi) is 3.66. The molecule has 5 heteroatoms. The van der Waals surface area contributed by atoms with Crippen molar-refractivity contribution in [2.24, 2.45) is 5.92 Å². The Hall–Kier alpha value is -1.52. The molecule has 0 amide bonds. The summed E-state index contributed by atoms with van der Waals surface area (Å²) in [6.07, 6.45) is 5.58. The van der Waals surface area contributed by atoms with Crippen LogP contribution in [0.25, 0.3) is 0 Å². The van der Waals surface area contributed by atoms with Crippen molar-refractivity contribution in [1.82, 2.24) is 10.2 Å². The van der Waals surface area contributed by atoms with E-state index in [9.17, 15) is 4.79 Å². The number of anilines is 1. The fourth-order valence-corrected chi connectivity index (χ4v) is 2.32. The molecule has 1 saturated heterocycles. The van der Waals surface area contributed by atoms with E-state index in [0.717, 1.165) is 25.1 Å². The van der Waals surface area contributed by atoms with E-state index < -0.39 is 0 Å². The van der Waals surface area contributed by atoms with Gasteiger partial charge < -0.3 is 9.64 Å². The second-order valence-electron chi connectivity index (χ2n) is 4.48. The molecule has 0 aromatic carbocycles. The van der Waals surface area contributed by atoms with Gasteiger partial charge in [-0.05, 0) is 26.7 Å². The number of rotatable bonds is 3. The summed E-state index contributed by atoms with van der Waals surface area (Å²) in [6.45, 7) is 5.20. The number of carbonyl (C=O) groups is 1. The molecule has 94 valence electrons. The van der Waals surface area contributed by atoms with Gasteiger partial charge in [-0.1, -0.05) is 0 Å². The highest BCUT2D eigenvalue weighted by Crippen LogP contribution is 2.27. The first-order valence-electron chi connectivity index (χ1n) is 6.14. The highest BCUT2D eigenvalue weighted by molar-refractivity contribution is 5.73. The first-order chi connectivity index (χ1) is 8.22. The molecule has 5 nitrogen and oxygen atoms in total. The molecule has 1 aliphatic rings. The first-order valence-corrected chi connectivity index (χ1v) is 6.14. The predicted molar refractivity (Wildman–Crippen MR) is 64.8 cm³/mol. The first kappa shape index (κ1) is 12.0. The predicted octanol–water partition coefficient (Wildman–Crippen LogP) is 1.58. The van der Waals surface area contributed by atoms with Gasteiger partial charge in [0, 0.05) is 18.8 Å². The van der Waals surface area contributed by atoms with E-state index >= 15 is 0 Å². The number of nitrogens with one attached hydrogen (secondary N) is 1. The van der Waals surface area contributed by atoms with Crippen LogP contribution in [-0.4, -0.2) is 35.4 Å². The van der Waals surface area contributed by atoms with Gasteiger partial charge in [0.2, 0.25) is 0 Å². The topological polar surface area (TPSA) is 58.2 Å². The quantitative estimate of drug-likeness (QED) is 0.811. The van der Waals surface area contributed by atoms with Gasteiger partial charge in [0.05, 0.1) is 24.4 Å². The smallest absolute Gasteiger partial charge is 0.310 e. The Morgan fingerprint density at radius 2 is 2.47 bits per heavy atom.